The third-order valence-corrected chi connectivity index (χ3v) is 7.81. The fourth-order valence-electron chi connectivity index (χ4n) is 5.63. The molecule has 38 heavy (non-hydrogen) atoms. The first-order chi connectivity index (χ1) is 18.5. The second-order valence-corrected chi connectivity index (χ2v) is 10.3. The SMILES string of the molecule is CCc1cccc(CC)c1N=C(N)c1cnn2cc(-c3ccc(OC)cc3C)cc2c1NC1CCCCC1. The summed E-state index contributed by atoms with van der Waals surface area (Å²) >= 11 is 0. The van der Waals surface area contributed by atoms with E-state index in [-0.39, 0.29) is 0 Å². The first-order valence-electron chi connectivity index (χ1n) is 13.9. The molecule has 0 unspecified atom stereocenters. The Morgan fingerprint density at radius 2 is 1.82 bits per heavy atom. The molecule has 198 valence electrons. The van der Waals surface area contributed by atoms with Crippen LogP contribution in [0.2, 0.25) is 0 Å². The van der Waals surface area contributed by atoms with E-state index < -0.39 is 0 Å². The molecular weight excluding hydrogens is 470 g/mol. The summed E-state index contributed by atoms with van der Waals surface area (Å²) in [5, 5.41) is 8.66. The number of amidine groups is 1. The van der Waals surface area contributed by atoms with E-state index in [0.29, 0.717) is 11.9 Å². The van der Waals surface area contributed by atoms with Crippen molar-refractivity contribution in [2.24, 2.45) is 10.7 Å². The topological polar surface area (TPSA) is 76.9 Å². The van der Waals surface area contributed by atoms with Crippen molar-refractivity contribution in [2.45, 2.75) is 71.8 Å². The first-order valence-corrected chi connectivity index (χ1v) is 13.9. The van der Waals surface area contributed by atoms with Gasteiger partial charge in [0.05, 0.1) is 35.8 Å². The fraction of sp³-hybridized carbons (Fsp3) is 0.375. The molecule has 1 fully saturated rings. The largest absolute Gasteiger partial charge is 0.497 e. The van der Waals surface area contributed by atoms with Gasteiger partial charge >= 0.3 is 0 Å². The number of aliphatic imine (C=N–C) groups is 1. The lowest BCUT2D eigenvalue weighted by Gasteiger charge is -2.25. The monoisotopic (exact) mass is 509 g/mol. The van der Waals surface area contributed by atoms with E-state index in [1.54, 1.807) is 7.11 Å². The van der Waals surface area contributed by atoms with E-state index >= 15 is 0 Å². The van der Waals surface area contributed by atoms with Gasteiger partial charge < -0.3 is 15.8 Å². The highest BCUT2D eigenvalue weighted by Gasteiger charge is 2.20. The standard InChI is InChI=1S/C32H39N5O/c1-5-22-11-10-12-23(6-2)30(22)36-32(33)28-19-34-37-20-24(27-16-15-26(38-4)17-21(27)3)18-29(37)31(28)35-25-13-8-7-9-14-25/h10-12,15-20,25,35H,5-9,13-14H2,1-4H3,(H2,33,36). The van der Waals surface area contributed by atoms with Gasteiger partial charge in [0, 0.05) is 17.8 Å². The van der Waals surface area contributed by atoms with Gasteiger partial charge in [-0.1, -0.05) is 57.4 Å². The van der Waals surface area contributed by atoms with Crippen LogP contribution in [0.1, 0.15) is 68.2 Å². The van der Waals surface area contributed by atoms with E-state index in [9.17, 15) is 0 Å². The van der Waals surface area contributed by atoms with Crippen molar-refractivity contribution in [3.8, 4) is 16.9 Å². The highest BCUT2D eigenvalue weighted by Crippen LogP contribution is 2.34. The molecule has 6 nitrogen and oxygen atoms in total. The van der Waals surface area contributed by atoms with Gasteiger partial charge in [-0.3, -0.25) is 0 Å². The number of nitrogens with zero attached hydrogens (tertiary/aromatic N) is 3. The maximum atomic E-state index is 6.79. The quantitative estimate of drug-likeness (QED) is 0.194. The molecule has 1 saturated carbocycles. The second-order valence-electron chi connectivity index (χ2n) is 10.3. The van der Waals surface area contributed by atoms with E-state index in [0.717, 1.165) is 70.6 Å². The molecule has 0 spiro atoms. The third kappa shape index (κ3) is 5.13. The molecule has 1 aliphatic carbocycles. The molecule has 0 radical (unpaired) electrons. The fourth-order valence-corrected chi connectivity index (χ4v) is 5.63. The Morgan fingerprint density at radius 1 is 1.08 bits per heavy atom. The Balaban J connectivity index is 1.64. The number of methoxy groups -OCH3 is 1. The Labute approximate surface area is 225 Å². The summed E-state index contributed by atoms with van der Waals surface area (Å²) in [6, 6.07) is 15.2. The van der Waals surface area contributed by atoms with Crippen molar-refractivity contribution >= 4 is 22.7 Å². The predicted molar refractivity (Wildman–Crippen MR) is 158 cm³/mol. The highest BCUT2D eigenvalue weighted by molar-refractivity contribution is 6.06. The van der Waals surface area contributed by atoms with Gasteiger partial charge in [-0.05, 0) is 73.1 Å². The van der Waals surface area contributed by atoms with E-state index in [4.69, 9.17) is 20.6 Å². The van der Waals surface area contributed by atoms with Crippen LogP contribution in [0.25, 0.3) is 16.6 Å². The number of hydrogen-bond donors (Lipinski definition) is 2. The number of fused-ring (bicyclic) bond motifs is 1. The Bertz CT molecular complexity index is 1440. The second kappa shape index (κ2) is 11.3. The molecule has 0 aliphatic heterocycles. The van der Waals surface area contributed by atoms with Crippen molar-refractivity contribution in [2.75, 3.05) is 12.4 Å². The summed E-state index contributed by atoms with van der Waals surface area (Å²) in [6.45, 7) is 6.44. The molecule has 0 saturated heterocycles. The molecule has 0 atom stereocenters. The zero-order valence-corrected chi connectivity index (χ0v) is 23.1. The van der Waals surface area contributed by atoms with E-state index in [1.165, 1.54) is 30.4 Å². The van der Waals surface area contributed by atoms with Crippen LogP contribution < -0.4 is 15.8 Å². The zero-order valence-electron chi connectivity index (χ0n) is 23.1. The minimum atomic E-state index is 0.414. The summed E-state index contributed by atoms with van der Waals surface area (Å²) < 4.78 is 7.37. The summed E-state index contributed by atoms with van der Waals surface area (Å²) in [6.07, 6.45) is 11.9. The Morgan fingerprint density at radius 3 is 2.47 bits per heavy atom. The van der Waals surface area contributed by atoms with Gasteiger partial charge in [-0.25, -0.2) is 9.51 Å². The van der Waals surface area contributed by atoms with Crippen LogP contribution in [0.3, 0.4) is 0 Å². The van der Waals surface area contributed by atoms with Gasteiger partial charge in [-0.15, -0.1) is 0 Å². The van der Waals surface area contributed by atoms with Gasteiger partial charge in [-0.2, -0.15) is 5.10 Å². The highest BCUT2D eigenvalue weighted by atomic mass is 16.5. The number of rotatable bonds is 8. The number of para-hydroxylation sites is 1. The lowest BCUT2D eigenvalue weighted by Crippen LogP contribution is -2.25. The van der Waals surface area contributed by atoms with Gasteiger partial charge in [0.1, 0.15) is 11.6 Å². The number of ether oxygens (including phenoxy) is 1. The number of hydrogen-bond acceptors (Lipinski definition) is 4. The molecule has 3 N–H and O–H groups in total. The molecule has 2 aromatic carbocycles. The van der Waals surface area contributed by atoms with Crippen molar-refractivity contribution in [1.29, 1.82) is 0 Å². The molecule has 5 rings (SSSR count). The minimum Gasteiger partial charge on any atom is -0.497 e. The molecule has 2 aromatic heterocycles. The molecule has 2 heterocycles. The van der Waals surface area contributed by atoms with Crippen LogP contribution in [0.4, 0.5) is 11.4 Å². The van der Waals surface area contributed by atoms with Crippen molar-refractivity contribution < 1.29 is 4.74 Å². The zero-order chi connectivity index (χ0) is 26.6. The summed E-state index contributed by atoms with van der Waals surface area (Å²) in [5.74, 6) is 1.36. The summed E-state index contributed by atoms with van der Waals surface area (Å²) in [7, 11) is 1.70. The van der Waals surface area contributed by atoms with Gasteiger partial charge in [0.2, 0.25) is 0 Å². The third-order valence-electron chi connectivity index (χ3n) is 7.81. The Hall–Kier alpha value is -3.80. The molecule has 6 heteroatoms. The normalized spacial score (nSPS) is 14.7. The summed E-state index contributed by atoms with van der Waals surface area (Å²) in [5.41, 5.74) is 16.5. The Kier molecular flexibility index (Phi) is 7.68. The number of nitrogens with two attached hydrogens (primary N) is 1. The maximum Gasteiger partial charge on any atom is 0.135 e. The van der Waals surface area contributed by atoms with Crippen LogP contribution in [0, 0.1) is 6.92 Å². The van der Waals surface area contributed by atoms with Crippen molar-refractivity contribution in [3.63, 3.8) is 0 Å². The number of benzene rings is 2. The average Bonchev–Trinajstić information content (AvgIpc) is 3.38. The van der Waals surface area contributed by atoms with Gasteiger partial charge in [0.25, 0.3) is 0 Å². The molecule has 1 aliphatic rings. The lowest BCUT2D eigenvalue weighted by molar-refractivity contribution is 0.414. The van der Waals surface area contributed by atoms with Crippen LogP contribution in [0.15, 0.2) is 59.9 Å². The maximum absolute atomic E-state index is 6.79. The van der Waals surface area contributed by atoms with Crippen LogP contribution in [-0.2, 0) is 12.8 Å². The van der Waals surface area contributed by atoms with Crippen LogP contribution in [-0.4, -0.2) is 28.6 Å². The van der Waals surface area contributed by atoms with Crippen molar-refractivity contribution in [3.05, 3.63) is 77.1 Å². The molecule has 0 bridgehead atoms. The smallest absolute Gasteiger partial charge is 0.135 e. The van der Waals surface area contributed by atoms with E-state index in [1.807, 2.05) is 16.8 Å². The number of aromatic nitrogens is 2. The van der Waals surface area contributed by atoms with Crippen LogP contribution >= 0.6 is 0 Å². The predicted octanol–water partition coefficient (Wildman–Crippen LogP) is 7.22. The minimum absolute atomic E-state index is 0.414. The van der Waals surface area contributed by atoms with E-state index in [2.05, 4.69) is 68.7 Å². The van der Waals surface area contributed by atoms with Gasteiger partial charge in [0.15, 0.2) is 0 Å². The van der Waals surface area contributed by atoms with Crippen molar-refractivity contribution in [1.82, 2.24) is 9.61 Å². The number of anilines is 1. The number of nitrogens with one attached hydrogen (secondary N) is 1. The molecular formula is C32H39N5O. The summed E-state index contributed by atoms with van der Waals surface area (Å²) in [4.78, 5) is 5.02. The molecule has 4 aromatic rings. The molecule has 0 amide bonds. The van der Waals surface area contributed by atoms with Crippen LogP contribution in [0.5, 0.6) is 5.75 Å². The number of aryl methyl sites for hydroxylation is 3. The first kappa shape index (κ1) is 25.8. The lowest BCUT2D eigenvalue weighted by atomic mass is 9.95. The average molecular weight is 510 g/mol.